The van der Waals surface area contributed by atoms with Crippen molar-refractivity contribution in [1.29, 1.82) is 0 Å². The molecule has 126 valence electrons. The van der Waals surface area contributed by atoms with Crippen LogP contribution >= 0.6 is 0 Å². The Kier molecular flexibility index (Phi) is 3.85. The zero-order valence-corrected chi connectivity index (χ0v) is 13.7. The second-order valence-electron chi connectivity index (χ2n) is 5.51. The lowest BCUT2D eigenvalue weighted by Gasteiger charge is -2.08. The first-order valence-corrected chi connectivity index (χ1v) is 7.68. The molecule has 1 aliphatic carbocycles. The van der Waals surface area contributed by atoms with Gasteiger partial charge in [0.15, 0.2) is 6.33 Å². The molecule has 0 unspecified atom stereocenters. The number of ether oxygens (including phenoxy) is 2. The van der Waals surface area contributed by atoms with Gasteiger partial charge in [0.25, 0.3) is 5.89 Å². The van der Waals surface area contributed by atoms with Gasteiger partial charge in [-0.2, -0.15) is 9.97 Å². The zero-order valence-electron chi connectivity index (χ0n) is 13.7. The first-order chi connectivity index (χ1) is 12.2. The van der Waals surface area contributed by atoms with E-state index >= 15 is 0 Å². The van der Waals surface area contributed by atoms with E-state index in [4.69, 9.17) is 14.0 Å². The fourth-order valence-corrected chi connectivity index (χ4v) is 2.43. The SMILES string of the molecule is COc1ccc([C@H]2C=C2COc2nc(C)ncc2-c2ncno2)nc1. The van der Waals surface area contributed by atoms with Crippen molar-refractivity contribution in [3.05, 3.63) is 54.0 Å². The molecule has 1 aliphatic rings. The van der Waals surface area contributed by atoms with Gasteiger partial charge in [-0.3, -0.25) is 4.98 Å². The van der Waals surface area contributed by atoms with E-state index in [2.05, 4.69) is 31.2 Å². The number of hydrogen-bond donors (Lipinski definition) is 0. The standard InChI is InChI=1S/C17H15N5O3/c1-10-18-7-14(16-20-9-21-25-16)17(22-10)24-8-11-5-13(11)15-4-3-12(23-2)6-19-15/h3-7,9,13H,8H2,1-2H3/t13-/m0/s1. The minimum atomic E-state index is 0.195. The molecule has 0 aliphatic heterocycles. The Labute approximate surface area is 143 Å². The van der Waals surface area contributed by atoms with Crippen molar-refractivity contribution >= 4 is 0 Å². The van der Waals surface area contributed by atoms with Crippen LogP contribution in [0.15, 0.2) is 47.0 Å². The van der Waals surface area contributed by atoms with Crippen molar-refractivity contribution in [1.82, 2.24) is 25.1 Å². The third-order valence-electron chi connectivity index (χ3n) is 3.83. The average Bonchev–Trinajstić information content (AvgIpc) is 3.21. The second-order valence-corrected chi connectivity index (χ2v) is 5.51. The van der Waals surface area contributed by atoms with E-state index in [9.17, 15) is 0 Å². The van der Waals surface area contributed by atoms with Crippen LogP contribution in [0.1, 0.15) is 17.4 Å². The van der Waals surface area contributed by atoms with Crippen LogP contribution in [0.3, 0.4) is 0 Å². The Bertz CT molecular complexity index is 907. The smallest absolute Gasteiger partial charge is 0.264 e. The highest BCUT2D eigenvalue weighted by Crippen LogP contribution is 2.39. The summed E-state index contributed by atoms with van der Waals surface area (Å²) in [6.45, 7) is 2.21. The second kappa shape index (κ2) is 6.31. The summed E-state index contributed by atoms with van der Waals surface area (Å²) < 4.78 is 16.1. The van der Waals surface area contributed by atoms with E-state index in [-0.39, 0.29) is 5.92 Å². The number of hydrogen-bond acceptors (Lipinski definition) is 8. The molecule has 0 amide bonds. The van der Waals surface area contributed by atoms with Crippen molar-refractivity contribution in [3.8, 4) is 23.1 Å². The molecule has 0 N–H and O–H groups in total. The summed E-state index contributed by atoms with van der Waals surface area (Å²) in [6, 6.07) is 3.85. The normalized spacial score (nSPS) is 15.6. The average molecular weight is 337 g/mol. The van der Waals surface area contributed by atoms with E-state index < -0.39 is 0 Å². The number of nitrogens with zero attached hydrogens (tertiary/aromatic N) is 5. The summed E-state index contributed by atoms with van der Waals surface area (Å²) in [5, 5.41) is 3.61. The van der Waals surface area contributed by atoms with Crippen LogP contribution in [-0.2, 0) is 0 Å². The molecule has 0 saturated carbocycles. The number of aromatic nitrogens is 5. The fourth-order valence-electron chi connectivity index (χ4n) is 2.43. The van der Waals surface area contributed by atoms with Gasteiger partial charge in [-0.25, -0.2) is 4.98 Å². The lowest BCUT2D eigenvalue weighted by molar-refractivity contribution is 0.337. The molecule has 4 rings (SSSR count). The van der Waals surface area contributed by atoms with Gasteiger partial charge in [0.05, 0.1) is 19.0 Å². The third kappa shape index (κ3) is 3.18. The van der Waals surface area contributed by atoms with E-state index in [1.54, 1.807) is 26.4 Å². The van der Waals surface area contributed by atoms with Gasteiger partial charge in [-0.15, -0.1) is 0 Å². The zero-order chi connectivity index (χ0) is 17.2. The summed E-state index contributed by atoms with van der Waals surface area (Å²) in [4.78, 5) is 16.9. The van der Waals surface area contributed by atoms with Gasteiger partial charge < -0.3 is 14.0 Å². The summed E-state index contributed by atoms with van der Waals surface area (Å²) in [7, 11) is 1.62. The Morgan fingerprint density at radius 1 is 1.16 bits per heavy atom. The molecule has 25 heavy (non-hydrogen) atoms. The molecule has 0 aromatic carbocycles. The molecule has 1 atom stereocenters. The molecule has 8 heteroatoms. The van der Waals surface area contributed by atoms with Crippen LogP contribution in [-0.4, -0.2) is 38.8 Å². The minimum Gasteiger partial charge on any atom is -0.495 e. The summed E-state index contributed by atoms with van der Waals surface area (Å²) in [6.07, 6.45) is 6.76. The van der Waals surface area contributed by atoms with Crippen LogP contribution in [0.5, 0.6) is 11.6 Å². The predicted molar refractivity (Wildman–Crippen MR) is 87.2 cm³/mol. The molecule has 8 nitrogen and oxygen atoms in total. The van der Waals surface area contributed by atoms with Gasteiger partial charge in [0, 0.05) is 12.1 Å². The van der Waals surface area contributed by atoms with Gasteiger partial charge in [-0.05, 0) is 24.6 Å². The predicted octanol–water partition coefficient (Wildman–Crippen LogP) is 2.34. The van der Waals surface area contributed by atoms with Crippen molar-refractivity contribution in [2.45, 2.75) is 12.8 Å². The Balaban J connectivity index is 1.44. The van der Waals surface area contributed by atoms with Gasteiger partial charge in [0.2, 0.25) is 5.88 Å². The first kappa shape index (κ1) is 15.3. The van der Waals surface area contributed by atoms with Gasteiger partial charge >= 0.3 is 0 Å². The molecule has 3 aromatic rings. The number of rotatable bonds is 6. The molecule has 0 bridgehead atoms. The van der Waals surface area contributed by atoms with E-state index in [0.29, 0.717) is 29.8 Å². The third-order valence-corrected chi connectivity index (χ3v) is 3.83. The molecular weight excluding hydrogens is 322 g/mol. The molecule has 0 radical (unpaired) electrons. The van der Waals surface area contributed by atoms with E-state index in [1.807, 2.05) is 12.1 Å². The molecule has 0 fully saturated rings. The number of allylic oxidation sites excluding steroid dienone is 1. The molecule has 3 heterocycles. The molecule has 0 spiro atoms. The van der Waals surface area contributed by atoms with Crippen LogP contribution in [0.2, 0.25) is 0 Å². The van der Waals surface area contributed by atoms with Crippen molar-refractivity contribution in [2.75, 3.05) is 13.7 Å². The monoisotopic (exact) mass is 337 g/mol. The Morgan fingerprint density at radius 3 is 2.80 bits per heavy atom. The fraction of sp³-hybridized carbons (Fsp3) is 0.235. The lowest BCUT2D eigenvalue weighted by atomic mass is 10.2. The molecule has 3 aromatic heterocycles. The Hall–Kier alpha value is -3.29. The van der Waals surface area contributed by atoms with Crippen LogP contribution in [0.4, 0.5) is 0 Å². The highest BCUT2D eigenvalue weighted by Gasteiger charge is 2.28. The van der Waals surface area contributed by atoms with E-state index in [0.717, 1.165) is 17.0 Å². The van der Waals surface area contributed by atoms with Crippen LogP contribution in [0.25, 0.3) is 11.5 Å². The van der Waals surface area contributed by atoms with Crippen molar-refractivity contribution in [3.63, 3.8) is 0 Å². The lowest BCUT2D eigenvalue weighted by Crippen LogP contribution is -2.03. The summed E-state index contributed by atoms with van der Waals surface area (Å²) >= 11 is 0. The van der Waals surface area contributed by atoms with Gasteiger partial charge in [-0.1, -0.05) is 11.2 Å². The maximum absolute atomic E-state index is 5.86. The van der Waals surface area contributed by atoms with Gasteiger partial charge in [0.1, 0.15) is 23.7 Å². The topological polar surface area (TPSA) is 96.1 Å². The Morgan fingerprint density at radius 2 is 2.08 bits per heavy atom. The largest absolute Gasteiger partial charge is 0.495 e. The quantitative estimate of drug-likeness (QED) is 0.632. The van der Waals surface area contributed by atoms with Crippen molar-refractivity contribution < 1.29 is 14.0 Å². The molecule has 0 saturated heterocycles. The maximum Gasteiger partial charge on any atom is 0.264 e. The highest BCUT2D eigenvalue weighted by molar-refractivity contribution is 5.58. The minimum absolute atomic E-state index is 0.195. The number of pyridine rings is 1. The molecular formula is C17H15N5O3. The van der Waals surface area contributed by atoms with Crippen molar-refractivity contribution in [2.24, 2.45) is 0 Å². The number of aryl methyl sites for hydroxylation is 1. The van der Waals surface area contributed by atoms with Crippen LogP contribution < -0.4 is 9.47 Å². The highest BCUT2D eigenvalue weighted by atomic mass is 16.5. The van der Waals surface area contributed by atoms with E-state index in [1.165, 1.54) is 6.33 Å². The van der Waals surface area contributed by atoms with Crippen LogP contribution in [0, 0.1) is 6.92 Å². The summed E-state index contributed by atoms with van der Waals surface area (Å²) in [5.41, 5.74) is 2.68. The maximum atomic E-state index is 5.86. The summed E-state index contributed by atoms with van der Waals surface area (Å²) in [5.74, 6) is 2.29. The number of methoxy groups -OCH3 is 1. The first-order valence-electron chi connectivity index (χ1n) is 7.68.